The largest absolute Gasteiger partial charge is 0.424 e. The molecule has 0 atom stereocenters. The Hall–Kier alpha value is -1.82. The van der Waals surface area contributed by atoms with Crippen LogP contribution in [0.5, 0.6) is 0 Å². The molecule has 0 bridgehead atoms. The first-order valence-corrected chi connectivity index (χ1v) is 6.72. The van der Waals surface area contributed by atoms with Crippen molar-refractivity contribution < 1.29 is 4.42 Å². The van der Waals surface area contributed by atoms with Crippen LogP contribution >= 0.6 is 11.8 Å². The van der Waals surface area contributed by atoms with E-state index in [9.17, 15) is 0 Å². The smallest absolute Gasteiger partial charge is 0.226 e. The number of aromatic amines is 1. The molecule has 6 heteroatoms. The molecule has 0 radical (unpaired) electrons. The SMILES string of the molecule is CCc1nnc(CSc2nc3ccccc3[nH]2)o1. The number of hydrogen-bond acceptors (Lipinski definition) is 5. The van der Waals surface area contributed by atoms with Gasteiger partial charge in [0.05, 0.1) is 16.8 Å². The maximum Gasteiger partial charge on any atom is 0.226 e. The Morgan fingerprint density at radius 3 is 2.83 bits per heavy atom. The number of nitrogens with one attached hydrogen (secondary N) is 1. The molecule has 3 aromatic rings. The van der Waals surface area contributed by atoms with Crippen molar-refractivity contribution in [3.05, 3.63) is 36.0 Å². The normalized spacial score (nSPS) is 11.2. The first kappa shape index (κ1) is 11.3. The molecule has 0 aliphatic carbocycles. The average molecular weight is 260 g/mol. The van der Waals surface area contributed by atoms with Gasteiger partial charge < -0.3 is 9.40 Å². The highest BCUT2D eigenvalue weighted by Crippen LogP contribution is 2.22. The van der Waals surface area contributed by atoms with Gasteiger partial charge in [0.15, 0.2) is 5.16 Å². The standard InChI is InChI=1S/C12H12N4OS/c1-2-10-15-16-11(17-10)7-18-12-13-8-5-3-4-6-9(8)14-12/h3-6H,2,7H2,1H3,(H,13,14). The van der Waals surface area contributed by atoms with E-state index in [1.165, 1.54) is 0 Å². The number of H-pyrrole nitrogens is 1. The molecule has 5 nitrogen and oxygen atoms in total. The molecule has 0 aliphatic heterocycles. The van der Waals surface area contributed by atoms with E-state index in [4.69, 9.17) is 4.42 Å². The Kier molecular flexibility index (Phi) is 3.02. The third-order valence-corrected chi connectivity index (χ3v) is 3.37. The van der Waals surface area contributed by atoms with Crippen LogP contribution in [0.2, 0.25) is 0 Å². The lowest BCUT2D eigenvalue weighted by molar-refractivity contribution is 0.470. The van der Waals surface area contributed by atoms with E-state index < -0.39 is 0 Å². The lowest BCUT2D eigenvalue weighted by atomic mass is 10.3. The minimum Gasteiger partial charge on any atom is -0.424 e. The number of para-hydroxylation sites is 2. The fraction of sp³-hybridized carbons (Fsp3) is 0.250. The molecule has 3 rings (SSSR count). The summed E-state index contributed by atoms with van der Waals surface area (Å²) < 4.78 is 5.44. The number of rotatable bonds is 4. The van der Waals surface area contributed by atoms with Crippen molar-refractivity contribution in [1.29, 1.82) is 0 Å². The number of benzene rings is 1. The molecule has 0 spiro atoms. The number of nitrogens with zero attached hydrogens (tertiary/aromatic N) is 3. The summed E-state index contributed by atoms with van der Waals surface area (Å²) in [7, 11) is 0. The van der Waals surface area contributed by atoms with Crippen LogP contribution in [0, 0.1) is 0 Å². The van der Waals surface area contributed by atoms with E-state index in [0.29, 0.717) is 17.5 Å². The number of thioether (sulfide) groups is 1. The number of aryl methyl sites for hydroxylation is 1. The van der Waals surface area contributed by atoms with Gasteiger partial charge in [0.1, 0.15) is 0 Å². The van der Waals surface area contributed by atoms with E-state index in [0.717, 1.165) is 22.6 Å². The second-order valence-corrected chi connectivity index (χ2v) is 4.75. The van der Waals surface area contributed by atoms with Crippen molar-refractivity contribution in [3.63, 3.8) is 0 Å². The maximum absolute atomic E-state index is 5.44. The minimum atomic E-state index is 0.632. The molecule has 1 N–H and O–H groups in total. The summed E-state index contributed by atoms with van der Waals surface area (Å²) in [5, 5.41) is 8.77. The third-order valence-electron chi connectivity index (χ3n) is 2.51. The van der Waals surface area contributed by atoms with Gasteiger partial charge >= 0.3 is 0 Å². The third kappa shape index (κ3) is 2.24. The van der Waals surface area contributed by atoms with E-state index in [1.54, 1.807) is 11.8 Å². The first-order valence-electron chi connectivity index (χ1n) is 5.74. The van der Waals surface area contributed by atoms with Gasteiger partial charge in [-0.2, -0.15) is 0 Å². The van der Waals surface area contributed by atoms with Crippen molar-refractivity contribution in [3.8, 4) is 0 Å². The van der Waals surface area contributed by atoms with Gasteiger partial charge in [0.25, 0.3) is 0 Å². The summed E-state index contributed by atoms with van der Waals surface area (Å²) in [5.74, 6) is 1.94. The van der Waals surface area contributed by atoms with Crippen LogP contribution < -0.4 is 0 Å². The van der Waals surface area contributed by atoms with Crippen LogP contribution in [0.1, 0.15) is 18.7 Å². The van der Waals surface area contributed by atoms with Gasteiger partial charge in [-0.05, 0) is 12.1 Å². The molecular weight excluding hydrogens is 248 g/mol. The van der Waals surface area contributed by atoms with Crippen molar-refractivity contribution in [2.24, 2.45) is 0 Å². The maximum atomic E-state index is 5.44. The van der Waals surface area contributed by atoms with Gasteiger partial charge in [0.2, 0.25) is 11.8 Å². The van der Waals surface area contributed by atoms with Crippen LogP contribution in [0.4, 0.5) is 0 Å². The quantitative estimate of drug-likeness (QED) is 0.730. The molecule has 0 unspecified atom stereocenters. The van der Waals surface area contributed by atoms with E-state index >= 15 is 0 Å². The van der Waals surface area contributed by atoms with Crippen LogP contribution in [0.15, 0.2) is 33.8 Å². The van der Waals surface area contributed by atoms with Crippen LogP contribution in [0.25, 0.3) is 11.0 Å². The second-order valence-electron chi connectivity index (χ2n) is 3.79. The van der Waals surface area contributed by atoms with Gasteiger partial charge in [-0.3, -0.25) is 0 Å². The number of imidazole rings is 1. The van der Waals surface area contributed by atoms with E-state index in [2.05, 4.69) is 20.2 Å². The predicted molar refractivity (Wildman–Crippen MR) is 69.3 cm³/mol. The van der Waals surface area contributed by atoms with Crippen LogP contribution in [0.3, 0.4) is 0 Å². The molecule has 92 valence electrons. The molecule has 1 aromatic carbocycles. The molecule has 0 saturated carbocycles. The van der Waals surface area contributed by atoms with Crippen LogP contribution in [-0.4, -0.2) is 20.2 Å². The zero-order valence-corrected chi connectivity index (χ0v) is 10.7. The molecule has 18 heavy (non-hydrogen) atoms. The summed E-state index contributed by atoms with van der Waals surface area (Å²) in [4.78, 5) is 7.72. The van der Waals surface area contributed by atoms with Gasteiger partial charge in [0, 0.05) is 6.42 Å². The van der Waals surface area contributed by atoms with Crippen molar-refractivity contribution in [2.45, 2.75) is 24.3 Å². The Morgan fingerprint density at radius 2 is 2.06 bits per heavy atom. The Labute approximate surface area is 108 Å². The number of fused-ring (bicyclic) bond motifs is 1. The molecular formula is C12H12N4OS. The highest BCUT2D eigenvalue weighted by Gasteiger charge is 2.07. The highest BCUT2D eigenvalue weighted by atomic mass is 32.2. The van der Waals surface area contributed by atoms with Crippen molar-refractivity contribution in [2.75, 3.05) is 0 Å². The van der Waals surface area contributed by atoms with Gasteiger partial charge in [-0.25, -0.2) is 4.98 Å². The zero-order chi connectivity index (χ0) is 12.4. The molecule has 0 fully saturated rings. The molecule has 0 amide bonds. The van der Waals surface area contributed by atoms with E-state index in [-0.39, 0.29) is 0 Å². The summed E-state index contributed by atoms with van der Waals surface area (Å²) >= 11 is 1.56. The Morgan fingerprint density at radius 1 is 1.22 bits per heavy atom. The summed E-state index contributed by atoms with van der Waals surface area (Å²) in [5.41, 5.74) is 2.01. The van der Waals surface area contributed by atoms with Gasteiger partial charge in [-0.1, -0.05) is 30.8 Å². The lowest BCUT2D eigenvalue weighted by Gasteiger charge is -1.91. The highest BCUT2D eigenvalue weighted by molar-refractivity contribution is 7.98. The van der Waals surface area contributed by atoms with Crippen LogP contribution in [-0.2, 0) is 12.2 Å². The molecule has 0 aliphatic rings. The lowest BCUT2D eigenvalue weighted by Crippen LogP contribution is -1.81. The average Bonchev–Trinajstić information content (AvgIpc) is 3.02. The van der Waals surface area contributed by atoms with Gasteiger partial charge in [-0.15, -0.1) is 10.2 Å². The summed E-state index contributed by atoms with van der Waals surface area (Å²) in [6.45, 7) is 1.99. The van der Waals surface area contributed by atoms with Crippen molar-refractivity contribution >= 4 is 22.8 Å². The zero-order valence-electron chi connectivity index (χ0n) is 9.88. The fourth-order valence-corrected chi connectivity index (χ4v) is 2.34. The van der Waals surface area contributed by atoms with E-state index in [1.807, 2.05) is 31.2 Å². The number of hydrogen-bond donors (Lipinski definition) is 1. The monoisotopic (exact) mass is 260 g/mol. The summed E-state index contributed by atoms with van der Waals surface area (Å²) in [6.07, 6.45) is 0.766. The molecule has 2 aromatic heterocycles. The predicted octanol–water partition coefficient (Wildman–Crippen LogP) is 2.80. The summed E-state index contributed by atoms with van der Waals surface area (Å²) in [6, 6.07) is 7.95. The van der Waals surface area contributed by atoms with Crippen molar-refractivity contribution in [1.82, 2.24) is 20.2 Å². The fourth-order valence-electron chi connectivity index (χ4n) is 1.62. The number of aromatic nitrogens is 4. The Balaban J connectivity index is 1.72. The molecule has 2 heterocycles. The topological polar surface area (TPSA) is 67.6 Å². The molecule has 0 saturated heterocycles. The minimum absolute atomic E-state index is 0.632. The second kappa shape index (κ2) is 4.81. The first-order chi connectivity index (χ1) is 8.85. The Bertz CT molecular complexity index is 628.